The zero-order valence-electron chi connectivity index (χ0n) is 6.54. The SMILES string of the molecule is Cc1c(F)ccc(C(F)(F)F)c1Cl. The van der Waals surface area contributed by atoms with Crippen molar-refractivity contribution in [3.63, 3.8) is 0 Å². The molecular formula is C8H5ClF4. The zero-order valence-corrected chi connectivity index (χ0v) is 7.30. The minimum Gasteiger partial charge on any atom is -0.207 e. The number of rotatable bonds is 0. The number of benzene rings is 1. The highest BCUT2D eigenvalue weighted by molar-refractivity contribution is 6.32. The van der Waals surface area contributed by atoms with Gasteiger partial charge in [-0.15, -0.1) is 0 Å². The van der Waals surface area contributed by atoms with E-state index in [1.165, 1.54) is 6.92 Å². The molecular weight excluding hydrogens is 208 g/mol. The normalized spacial score (nSPS) is 11.8. The van der Waals surface area contributed by atoms with Gasteiger partial charge in [-0.3, -0.25) is 0 Å². The highest BCUT2D eigenvalue weighted by Crippen LogP contribution is 2.36. The van der Waals surface area contributed by atoms with Gasteiger partial charge in [0.1, 0.15) is 5.82 Å². The van der Waals surface area contributed by atoms with Crippen LogP contribution >= 0.6 is 11.6 Å². The molecule has 0 N–H and O–H groups in total. The fraction of sp³-hybridized carbons (Fsp3) is 0.250. The Balaban J connectivity index is 3.35. The first kappa shape index (κ1) is 10.3. The lowest BCUT2D eigenvalue weighted by Crippen LogP contribution is -2.07. The summed E-state index contributed by atoms with van der Waals surface area (Å²) in [5.41, 5.74) is -1.19. The zero-order chi connectivity index (χ0) is 10.2. The Hall–Kier alpha value is -0.770. The van der Waals surface area contributed by atoms with E-state index >= 15 is 0 Å². The van der Waals surface area contributed by atoms with Crippen molar-refractivity contribution in [3.8, 4) is 0 Å². The Bertz CT molecular complexity index is 330. The average Bonchev–Trinajstić information content (AvgIpc) is 1.98. The Labute approximate surface area is 77.1 Å². The first-order valence-electron chi connectivity index (χ1n) is 3.36. The van der Waals surface area contributed by atoms with Crippen LogP contribution in [0.15, 0.2) is 12.1 Å². The molecule has 1 aromatic carbocycles. The van der Waals surface area contributed by atoms with E-state index in [-0.39, 0.29) is 5.56 Å². The van der Waals surface area contributed by atoms with E-state index in [2.05, 4.69) is 0 Å². The summed E-state index contributed by atoms with van der Waals surface area (Å²) in [5, 5.41) is -0.576. The molecule has 0 fully saturated rings. The molecule has 0 aliphatic heterocycles. The Morgan fingerprint density at radius 1 is 1.23 bits per heavy atom. The van der Waals surface area contributed by atoms with Gasteiger partial charge in [-0.05, 0) is 19.1 Å². The summed E-state index contributed by atoms with van der Waals surface area (Å²) in [5.74, 6) is -0.738. The Morgan fingerprint density at radius 2 is 1.77 bits per heavy atom. The van der Waals surface area contributed by atoms with Gasteiger partial charge in [0.15, 0.2) is 0 Å². The molecule has 1 rings (SSSR count). The third-order valence-electron chi connectivity index (χ3n) is 1.63. The summed E-state index contributed by atoms with van der Waals surface area (Å²) < 4.78 is 49.2. The minimum atomic E-state index is -4.53. The fourth-order valence-corrected chi connectivity index (χ4v) is 1.14. The molecule has 0 saturated heterocycles. The molecule has 0 aromatic heterocycles. The minimum absolute atomic E-state index is 0.184. The summed E-state index contributed by atoms with van der Waals surface area (Å²) in [6.45, 7) is 1.20. The maximum Gasteiger partial charge on any atom is 0.417 e. The van der Waals surface area contributed by atoms with Crippen LogP contribution in [-0.2, 0) is 6.18 Å². The second-order valence-electron chi connectivity index (χ2n) is 2.53. The standard InChI is InChI=1S/C8H5ClF4/c1-4-6(10)3-2-5(7(4)9)8(11,12)13/h2-3H,1H3. The molecule has 0 nitrogen and oxygen atoms in total. The van der Waals surface area contributed by atoms with Crippen LogP contribution in [0, 0.1) is 12.7 Å². The maximum absolute atomic E-state index is 12.7. The second-order valence-corrected chi connectivity index (χ2v) is 2.91. The molecule has 0 bridgehead atoms. The van der Waals surface area contributed by atoms with Crippen LogP contribution in [0.25, 0.3) is 0 Å². The molecule has 0 aliphatic rings. The molecule has 0 aliphatic carbocycles. The number of hydrogen-bond acceptors (Lipinski definition) is 0. The van der Waals surface area contributed by atoms with Crippen molar-refractivity contribution in [2.75, 3.05) is 0 Å². The first-order valence-corrected chi connectivity index (χ1v) is 3.73. The lowest BCUT2D eigenvalue weighted by molar-refractivity contribution is -0.137. The van der Waals surface area contributed by atoms with Crippen molar-refractivity contribution >= 4 is 11.6 Å². The van der Waals surface area contributed by atoms with Gasteiger partial charge in [0, 0.05) is 5.56 Å². The topological polar surface area (TPSA) is 0 Å². The van der Waals surface area contributed by atoms with Crippen LogP contribution < -0.4 is 0 Å². The molecule has 0 saturated carbocycles. The van der Waals surface area contributed by atoms with Crippen LogP contribution in [0.2, 0.25) is 5.02 Å². The summed E-state index contributed by atoms with van der Waals surface area (Å²) in [6.07, 6.45) is -4.53. The van der Waals surface area contributed by atoms with Gasteiger partial charge in [0.05, 0.1) is 10.6 Å². The van der Waals surface area contributed by atoms with Gasteiger partial charge in [0.2, 0.25) is 0 Å². The van der Waals surface area contributed by atoms with E-state index in [0.717, 1.165) is 6.07 Å². The fourth-order valence-electron chi connectivity index (χ4n) is 0.880. The second kappa shape index (κ2) is 3.18. The molecule has 0 heterocycles. The Kier molecular flexibility index (Phi) is 2.52. The van der Waals surface area contributed by atoms with E-state index in [1.807, 2.05) is 0 Å². The third kappa shape index (κ3) is 1.94. The van der Waals surface area contributed by atoms with Crippen molar-refractivity contribution in [3.05, 3.63) is 34.1 Å². The van der Waals surface area contributed by atoms with Crippen molar-refractivity contribution in [2.45, 2.75) is 13.1 Å². The van der Waals surface area contributed by atoms with Gasteiger partial charge in [-0.2, -0.15) is 13.2 Å². The summed E-state index contributed by atoms with van der Waals surface area (Å²) in [7, 11) is 0. The number of halogens is 5. The van der Waals surface area contributed by atoms with Crippen LogP contribution in [0.3, 0.4) is 0 Å². The van der Waals surface area contributed by atoms with Gasteiger partial charge >= 0.3 is 6.18 Å². The van der Waals surface area contributed by atoms with Crippen LogP contribution in [0.4, 0.5) is 17.6 Å². The van der Waals surface area contributed by atoms with Crippen LogP contribution in [0.1, 0.15) is 11.1 Å². The highest BCUT2D eigenvalue weighted by atomic mass is 35.5. The van der Waals surface area contributed by atoms with E-state index in [0.29, 0.717) is 6.07 Å². The van der Waals surface area contributed by atoms with Gasteiger partial charge in [-0.25, -0.2) is 4.39 Å². The molecule has 5 heteroatoms. The molecule has 0 unspecified atom stereocenters. The average molecular weight is 213 g/mol. The molecule has 0 atom stereocenters. The summed E-state index contributed by atoms with van der Waals surface area (Å²) in [4.78, 5) is 0. The third-order valence-corrected chi connectivity index (χ3v) is 2.11. The van der Waals surface area contributed by atoms with Gasteiger partial charge in [0.25, 0.3) is 0 Å². The Morgan fingerprint density at radius 3 is 2.23 bits per heavy atom. The predicted octanol–water partition coefficient (Wildman–Crippen LogP) is 3.81. The predicted molar refractivity (Wildman–Crippen MR) is 41.1 cm³/mol. The smallest absolute Gasteiger partial charge is 0.207 e. The molecule has 1 aromatic rings. The monoisotopic (exact) mass is 212 g/mol. The lowest BCUT2D eigenvalue weighted by atomic mass is 10.1. The highest BCUT2D eigenvalue weighted by Gasteiger charge is 2.34. The van der Waals surface area contributed by atoms with Crippen molar-refractivity contribution in [2.24, 2.45) is 0 Å². The van der Waals surface area contributed by atoms with Gasteiger partial charge in [-0.1, -0.05) is 11.6 Å². The summed E-state index contributed by atoms with van der Waals surface area (Å²) >= 11 is 5.32. The summed E-state index contributed by atoms with van der Waals surface area (Å²) in [6, 6.07) is 1.38. The largest absolute Gasteiger partial charge is 0.417 e. The van der Waals surface area contributed by atoms with Crippen LogP contribution in [0.5, 0.6) is 0 Å². The molecule has 0 spiro atoms. The molecule has 0 radical (unpaired) electrons. The number of alkyl halides is 3. The van der Waals surface area contributed by atoms with Crippen LogP contribution in [-0.4, -0.2) is 0 Å². The first-order chi connectivity index (χ1) is 5.84. The van der Waals surface area contributed by atoms with E-state index < -0.39 is 22.6 Å². The molecule has 0 amide bonds. The lowest BCUT2D eigenvalue weighted by Gasteiger charge is -2.10. The van der Waals surface area contributed by atoms with Gasteiger partial charge < -0.3 is 0 Å². The quantitative estimate of drug-likeness (QED) is 0.574. The number of hydrogen-bond donors (Lipinski definition) is 0. The van der Waals surface area contributed by atoms with Crippen molar-refractivity contribution in [1.82, 2.24) is 0 Å². The van der Waals surface area contributed by atoms with E-state index in [1.54, 1.807) is 0 Å². The van der Waals surface area contributed by atoms with Crippen molar-refractivity contribution < 1.29 is 17.6 Å². The molecule has 13 heavy (non-hydrogen) atoms. The van der Waals surface area contributed by atoms with E-state index in [4.69, 9.17) is 11.6 Å². The van der Waals surface area contributed by atoms with E-state index in [9.17, 15) is 17.6 Å². The van der Waals surface area contributed by atoms with Crippen molar-refractivity contribution in [1.29, 1.82) is 0 Å². The molecule has 72 valence electrons. The maximum atomic E-state index is 12.7.